The van der Waals surface area contributed by atoms with Crippen molar-refractivity contribution in [3.05, 3.63) is 47.0 Å². The largest absolute Gasteiger partial charge is 0.506 e. The van der Waals surface area contributed by atoms with E-state index in [1.54, 1.807) is 18.2 Å². The standard InChI is InChI=1S/C29H44ClN3O4S/c1-3-5-6-7-8-9-10-11-12-13-14-17-22(4-2)38(36,37)33-26-19-16-15-18-23(26)29(35)32-27-20-24(30)25(31)21-28(27)34/h15-16,18-22,33-34H,3-14,17,31H2,1-2H3,(H,32,35). The summed E-state index contributed by atoms with van der Waals surface area (Å²) in [6, 6.07) is 8.97. The number of halogens is 1. The minimum atomic E-state index is -3.70. The Morgan fingerprint density at radius 2 is 1.50 bits per heavy atom. The van der Waals surface area contributed by atoms with E-state index in [1.807, 2.05) is 6.92 Å². The second-order valence-corrected chi connectivity index (χ2v) is 12.3. The number of unbranched alkanes of at least 4 members (excludes halogenated alkanes) is 10. The third kappa shape index (κ3) is 10.4. The molecule has 1 atom stereocenters. The average Bonchev–Trinajstić information content (AvgIpc) is 2.88. The molecule has 0 bridgehead atoms. The predicted molar refractivity (Wildman–Crippen MR) is 160 cm³/mol. The number of nitrogens with two attached hydrogens (primary N) is 1. The Morgan fingerprint density at radius 3 is 2.11 bits per heavy atom. The van der Waals surface area contributed by atoms with Gasteiger partial charge in [-0.05, 0) is 31.0 Å². The summed E-state index contributed by atoms with van der Waals surface area (Å²) >= 11 is 6.01. The number of rotatable bonds is 18. The molecule has 2 aromatic rings. The van der Waals surface area contributed by atoms with Crippen LogP contribution in [0.2, 0.25) is 5.02 Å². The fourth-order valence-corrected chi connectivity index (χ4v) is 6.22. The number of carbonyl (C=O) groups is 1. The number of hydrogen-bond acceptors (Lipinski definition) is 5. The highest BCUT2D eigenvalue weighted by molar-refractivity contribution is 7.93. The van der Waals surface area contributed by atoms with Crippen LogP contribution in [0.4, 0.5) is 17.1 Å². The van der Waals surface area contributed by atoms with Gasteiger partial charge in [0.15, 0.2) is 0 Å². The van der Waals surface area contributed by atoms with Gasteiger partial charge in [-0.15, -0.1) is 0 Å². The molecule has 0 spiro atoms. The molecule has 2 aromatic carbocycles. The van der Waals surface area contributed by atoms with E-state index in [1.165, 1.54) is 69.6 Å². The van der Waals surface area contributed by atoms with Crippen molar-refractivity contribution < 1.29 is 18.3 Å². The molecule has 9 heteroatoms. The van der Waals surface area contributed by atoms with Gasteiger partial charge in [0, 0.05) is 6.07 Å². The summed E-state index contributed by atoms with van der Waals surface area (Å²) in [5.74, 6) is -0.825. The molecular weight excluding hydrogens is 522 g/mol. The van der Waals surface area contributed by atoms with Gasteiger partial charge in [-0.25, -0.2) is 8.42 Å². The van der Waals surface area contributed by atoms with E-state index in [2.05, 4.69) is 17.0 Å². The van der Waals surface area contributed by atoms with E-state index in [0.717, 1.165) is 19.3 Å². The maximum absolute atomic E-state index is 13.2. The second kappa shape index (κ2) is 16.5. The summed E-state index contributed by atoms with van der Waals surface area (Å²) in [6.45, 7) is 4.10. The molecule has 38 heavy (non-hydrogen) atoms. The van der Waals surface area contributed by atoms with Crippen molar-refractivity contribution >= 4 is 44.6 Å². The topological polar surface area (TPSA) is 122 Å². The van der Waals surface area contributed by atoms with Crippen LogP contribution in [0.25, 0.3) is 0 Å². The third-order valence-electron chi connectivity index (χ3n) is 6.81. The van der Waals surface area contributed by atoms with E-state index >= 15 is 0 Å². The smallest absolute Gasteiger partial charge is 0.257 e. The number of phenols is 1. The lowest BCUT2D eigenvalue weighted by Gasteiger charge is -2.19. The van der Waals surface area contributed by atoms with Crippen molar-refractivity contribution in [1.82, 2.24) is 0 Å². The molecule has 0 saturated carbocycles. The highest BCUT2D eigenvalue weighted by Crippen LogP contribution is 2.33. The summed E-state index contributed by atoms with van der Waals surface area (Å²) < 4.78 is 29.0. The number of anilines is 3. The molecule has 212 valence electrons. The van der Waals surface area contributed by atoms with Crippen LogP contribution >= 0.6 is 11.6 Å². The number of carbonyl (C=O) groups excluding carboxylic acids is 1. The van der Waals surface area contributed by atoms with Gasteiger partial charge < -0.3 is 16.2 Å². The second-order valence-electron chi connectivity index (χ2n) is 9.89. The summed E-state index contributed by atoms with van der Waals surface area (Å²) in [7, 11) is -3.70. The Balaban J connectivity index is 1.89. The fourth-order valence-electron chi connectivity index (χ4n) is 4.49. The number of para-hydroxylation sites is 1. The van der Waals surface area contributed by atoms with Gasteiger partial charge in [0.25, 0.3) is 5.91 Å². The van der Waals surface area contributed by atoms with Gasteiger partial charge in [-0.1, -0.05) is 108 Å². The molecule has 0 fully saturated rings. The molecule has 5 N–H and O–H groups in total. The normalized spacial score (nSPS) is 12.3. The van der Waals surface area contributed by atoms with Crippen molar-refractivity contribution in [2.75, 3.05) is 15.8 Å². The fraction of sp³-hybridized carbons (Fsp3) is 0.552. The first-order chi connectivity index (χ1) is 18.2. The number of phenolic OH excluding ortho intramolecular Hbond substituents is 1. The lowest BCUT2D eigenvalue weighted by molar-refractivity contribution is 0.102. The van der Waals surface area contributed by atoms with Gasteiger partial charge in [0.1, 0.15) is 5.75 Å². The molecule has 0 heterocycles. The van der Waals surface area contributed by atoms with Gasteiger partial charge in [0.2, 0.25) is 10.0 Å². The first-order valence-corrected chi connectivity index (χ1v) is 15.8. The van der Waals surface area contributed by atoms with E-state index in [9.17, 15) is 18.3 Å². The number of nitrogens with one attached hydrogen (secondary N) is 2. The Bertz CT molecular complexity index is 1120. The van der Waals surface area contributed by atoms with Crippen LogP contribution in [-0.2, 0) is 10.0 Å². The average molecular weight is 566 g/mol. The van der Waals surface area contributed by atoms with Crippen LogP contribution in [0, 0.1) is 0 Å². The van der Waals surface area contributed by atoms with Crippen molar-refractivity contribution in [1.29, 1.82) is 0 Å². The molecule has 0 saturated heterocycles. The summed E-state index contributed by atoms with van der Waals surface area (Å²) in [4.78, 5) is 13.0. The van der Waals surface area contributed by atoms with E-state index in [4.69, 9.17) is 17.3 Å². The summed E-state index contributed by atoms with van der Waals surface area (Å²) in [6.07, 6.45) is 14.4. The van der Waals surface area contributed by atoms with Gasteiger partial charge in [-0.2, -0.15) is 0 Å². The number of amides is 1. The first-order valence-electron chi connectivity index (χ1n) is 13.9. The molecule has 0 aliphatic rings. The zero-order valence-electron chi connectivity index (χ0n) is 22.8. The molecule has 2 rings (SSSR count). The van der Waals surface area contributed by atoms with Crippen LogP contribution in [0.1, 0.15) is 108 Å². The molecule has 0 aliphatic heterocycles. The van der Waals surface area contributed by atoms with Gasteiger partial charge >= 0.3 is 0 Å². The van der Waals surface area contributed by atoms with Crippen molar-refractivity contribution in [3.63, 3.8) is 0 Å². The summed E-state index contributed by atoms with van der Waals surface area (Å²) in [5, 5.41) is 12.3. The zero-order valence-corrected chi connectivity index (χ0v) is 24.3. The van der Waals surface area contributed by atoms with Crippen LogP contribution in [0.3, 0.4) is 0 Å². The van der Waals surface area contributed by atoms with Gasteiger partial charge in [0.05, 0.1) is 32.9 Å². The number of benzene rings is 2. The van der Waals surface area contributed by atoms with Crippen LogP contribution in [0.15, 0.2) is 36.4 Å². The maximum Gasteiger partial charge on any atom is 0.257 e. The van der Waals surface area contributed by atoms with Crippen molar-refractivity contribution in [3.8, 4) is 5.75 Å². The van der Waals surface area contributed by atoms with E-state index < -0.39 is 21.2 Å². The van der Waals surface area contributed by atoms with Crippen molar-refractivity contribution in [2.24, 2.45) is 0 Å². The van der Waals surface area contributed by atoms with E-state index in [-0.39, 0.29) is 33.4 Å². The van der Waals surface area contributed by atoms with Crippen LogP contribution < -0.4 is 15.8 Å². The Kier molecular flexibility index (Phi) is 13.8. The maximum atomic E-state index is 13.2. The Morgan fingerprint density at radius 1 is 0.921 bits per heavy atom. The molecule has 0 radical (unpaired) electrons. The molecule has 7 nitrogen and oxygen atoms in total. The highest BCUT2D eigenvalue weighted by atomic mass is 35.5. The number of nitrogen functional groups attached to an aromatic ring is 1. The molecule has 1 unspecified atom stereocenters. The Labute approximate surface area is 233 Å². The van der Waals surface area contributed by atoms with Crippen LogP contribution in [0.5, 0.6) is 5.75 Å². The first kappa shape index (κ1) is 31.8. The minimum absolute atomic E-state index is 0.0785. The van der Waals surface area contributed by atoms with Crippen molar-refractivity contribution in [2.45, 2.75) is 103 Å². The molecule has 0 aromatic heterocycles. The lowest BCUT2D eigenvalue weighted by Crippen LogP contribution is -2.28. The number of sulfonamides is 1. The van der Waals surface area contributed by atoms with Gasteiger partial charge in [-0.3, -0.25) is 9.52 Å². The summed E-state index contributed by atoms with van der Waals surface area (Å²) in [5.41, 5.74) is 6.25. The monoisotopic (exact) mass is 565 g/mol. The molecular formula is C29H44ClN3O4S. The van der Waals surface area contributed by atoms with Crippen LogP contribution in [-0.4, -0.2) is 24.7 Å². The third-order valence-corrected chi connectivity index (χ3v) is 9.09. The SMILES string of the molecule is CCCCCCCCCCCCCC(CC)S(=O)(=O)Nc1ccccc1C(=O)Nc1cc(Cl)c(N)cc1O. The highest BCUT2D eigenvalue weighted by Gasteiger charge is 2.25. The number of aromatic hydroxyl groups is 1. The lowest BCUT2D eigenvalue weighted by atomic mass is 10.0. The number of hydrogen-bond donors (Lipinski definition) is 4. The minimum Gasteiger partial charge on any atom is -0.506 e. The predicted octanol–water partition coefficient (Wildman–Crippen LogP) is 8.10. The molecule has 0 aliphatic carbocycles. The van der Waals surface area contributed by atoms with E-state index in [0.29, 0.717) is 12.8 Å². The zero-order chi connectivity index (χ0) is 28.0. The quantitative estimate of drug-likeness (QED) is 0.0826. The molecule has 1 amide bonds. The Hall–Kier alpha value is -2.45.